The van der Waals surface area contributed by atoms with E-state index in [2.05, 4.69) is 0 Å². The predicted octanol–water partition coefficient (Wildman–Crippen LogP) is 1.37. The van der Waals surface area contributed by atoms with Crippen LogP contribution in [0.2, 0.25) is 0 Å². The molecule has 0 aromatic heterocycles. The lowest BCUT2D eigenvalue weighted by atomic mass is 10.0. The molecule has 124 valence electrons. The normalized spacial score (nSPS) is 10.7. The summed E-state index contributed by atoms with van der Waals surface area (Å²) in [5.41, 5.74) is 4.52. The van der Waals surface area contributed by atoms with Crippen molar-refractivity contribution in [2.75, 3.05) is 0 Å². The summed E-state index contributed by atoms with van der Waals surface area (Å²) in [5, 5.41) is 0. The molecule has 0 aliphatic heterocycles. The second-order valence-corrected chi connectivity index (χ2v) is 5.11. The highest BCUT2D eigenvalue weighted by molar-refractivity contribution is 6.18. The molecule has 2 rings (SSSR count). The number of aldehydes is 1. The Morgan fingerprint density at radius 2 is 1.21 bits per heavy atom. The number of ether oxygens (including phenoxy) is 2. The monoisotopic (exact) mass is 327 g/mol. The molecule has 0 saturated carbocycles. The molecule has 2 N–H and O–H groups in total. The van der Waals surface area contributed by atoms with Gasteiger partial charge in [0.05, 0.1) is 0 Å². The van der Waals surface area contributed by atoms with Crippen LogP contribution >= 0.6 is 0 Å². The average Bonchev–Trinajstić information content (AvgIpc) is 2.65. The molecule has 0 aliphatic rings. The molecule has 0 bridgehead atoms. The van der Waals surface area contributed by atoms with Crippen LogP contribution < -0.4 is 5.73 Å². The van der Waals surface area contributed by atoms with Gasteiger partial charge in [-0.15, -0.1) is 0 Å². The van der Waals surface area contributed by atoms with Gasteiger partial charge < -0.3 is 15.2 Å². The average molecular weight is 327 g/mol. The molecule has 0 heterocycles. The number of carbonyl (C=O) groups excluding carboxylic acids is 3. The van der Waals surface area contributed by atoms with Gasteiger partial charge >= 0.3 is 11.9 Å². The maximum atomic E-state index is 12.0. The zero-order valence-corrected chi connectivity index (χ0v) is 12.9. The van der Waals surface area contributed by atoms with Crippen molar-refractivity contribution in [2.24, 2.45) is 5.73 Å². The number of rotatable bonds is 7. The molecule has 0 fully saturated rings. The van der Waals surface area contributed by atoms with Crippen molar-refractivity contribution in [3.05, 3.63) is 71.8 Å². The Morgan fingerprint density at radius 1 is 0.833 bits per heavy atom. The Balaban J connectivity index is 1.96. The van der Waals surface area contributed by atoms with E-state index in [-0.39, 0.29) is 19.5 Å². The van der Waals surface area contributed by atoms with E-state index in [1.807, 2.05) is 12.1 Å². The van der Waals surface area contributed by atoms with E-state index in [1.54, 1.807) is 48.5 Å². The molecule has 0 unspecified atom stereocenters. The number of benzene rings is 2. The molecule has 24 heavy (non-hydrogen) atoms. The Kier molecular flexibility index (Phi) is 5.81. The standard InChI is InChI=1S/C18H17NO5/c19-18(13-20,16(21)23-11-14-7-3-1-4-8-14)17(22)24-12-15-9-5-2-6-10-15/h1-10,13H,11-12,19H2. The molecule has 0 atom stereocenters. The lowest BCUT2D eigenvalue weighted by Gasteiger charge is -2.19. The SMILES string of the molecule is NC(C=O)(C(=O)OCc1ccccc1)C(=O)OCc1ccccc1. The summed E-state index contributed by atoms with van der Waals surface area (Å²) in [7, 11) is 0. The molecule has 6 heteroatoms. The topological polar surface area (TPSA) is 95.7 Å². The van der Waals surface area contributed by atoms with Crippen LogP contribution in [-0.2, 0) is 37.1 Å². The van der Waals surface area contributed by atoms with Crippen molar-refractivity contribution < 1.29 is 23.9 Å². The minimum Gasteiger partial charge on any atom is -0.459 e. The van der Waals surface area contributed by atoms with Gasteiger partial charge in [-0.1, -0.05) is 60.7 Å². The van der Waals surface area contributed by atoms with Gasteiger partial charge in [0, 0.05) is 0 Å². The van der Waals surface area contributed by atoms with Crippen molar-refractivity contribution in [1.29, 1.82) is 0 Å². The Morgan fingerprint density at radius 3 is 1.54 bits per heavy atom. The second-order valence-electron chi connectivity index (χ2n) is 5.11. The van der Waals surface area contributed by atoms with Crippen LogP contribution in [0, 0.1) is 0 Å². The van der Waals surface area contributed by atoms with E-state index >= 15 is 0 Å². The third-order valence-electron chi connectivity index (χ3n) is 3.29. The molecule has 2 aromatic carbocycles. The number of esters is 2. The fraction of sp³-hybridized carbons (Fsp3) is 0.167. The molecule has 0 amide bonds. The van der Waals surface area contributed by atoms with Crippen molar-refractivity contribution in [1.82, 2.24) is 0 Å². The Bertz CT molecular complexity index is 644. The van der Waals surface area contributed by atoms with Gasteiger partial charge in [0.25, 0.3) is 5.54 Å². The second kappa shape index (κ2) is 8.03. The van der Waals surface area contributed by atoms with Gasteiger partial charge in [0.15, 0.2) is 6.29 Å². The minimum absolute atomic E-state index is 0.0354. The van der Waals surface area contributed by atoms with Crippen molar-refractivity contribution in [3.8, 4) is 0 Å². The number of hydrogen-bond donors (Lipinski definition) is 1. The molecule has 2 aromatic rings. The van der Waals surface area contributed by atoms with Gasteiger partial charge in [-0.05, 0) is 11.1 Å². The first-order valence-electron chi connectivity index (χ1n) is 7.24. The van der Waals surface area contributed by atoms with Gasteiger partial charge in [0.2, 0.25) is 0 Å². The first-order chi connectivity index (χ1) is 11.6. The highest BCUT2D eigenvalue weighted by Gasteiger charge is 2.45. The largest absolute Gasteiger partial charge is 0.459 e. The Labute approximate surface area is 139 Å². The van der Waals surface area contributed by atoms with E-state index in [9.17, 15) is 14.4 Å². The number of nitrogens with two attached hydrogens (primary N) is 1. The van der Waals surface area contributed by atoms with E-state index < -0.39 is 17.5 Å². The lowest BCUT2D eigenvalue weighted by Crippen LogP contribution is -2.58. The highest BCUT2D eigenvalue weighted by Crippen LogP contribution is 2.10. The highest BCUT2D eigenvalue weighted by atomic mass is 16.6. The molecule has 0 radical (unpaired) electrons. The molecular weight excluding hydrogens is 310 g/mol. The van der Waals surface area contributed by atoms with Crippen LogP contribution in [-0.4, -0.2) is 23.8 Å². The number of carbonyl (C=O) groups is 3. The van der Waals surface area contributed by atoms with Gasteiger partial charge in [0.1, 0.15) is 13.2 Å². The summed E-state index contributed by atoms with van der Waals surface area (Å²) in [6, 6.07) is 17.6. The van der Waals surface area contributed by atoms with Crippen LogP contribution in [0.3, 0.4) is 0 Å². The third-order valence-corrected chi connectivity index (χ3v) is 3.29. The summed E-state index contributed by atoms with van der Waals surface area (Å²) >= 11 is 0. The lowest BCUT2D eigenvalue weighted by molar-refractivity contribution is -0.166. The first kappa shape index (κ1) is 17.4. The quantitative estimate of drug-likeness (QED) is 0.469. The van der Waals surface area contributed by atoms with Gasteiger partial charge in [-0.3, -0.25) is 4.79 Å². The van der Waals surface area contributed by atoms with Crippen LogP contribution in [0.5, 0.6) is 0 Å². The summed E-state index contributed by atoms with van der Waals surface area (Å²) in [6.45, 7) is -0.198. The minimum atomic E-state index is -2.48. The van der Waals surface area contributed by atoms with Crippen LogP contribution in [0.4, 0.5) is 0 Å². The zero-order valence-electron chi connectivity index (χ0n) is 12.9. The number of hydrogen-bond acceptors (Lipinski definition) is 6. The summed E-state index contributed by atoms with van der Waals surface area (Å²) in [5.74, 6) is -2.31. The Hall–Kier alpha value is -2.99. The summed E-state index contributed by atoms with van der Waals surface area (Å²) in [4.78, 5) is 35.3. The van der Waals surface area contributed by atoms with Crippen molar-refractivity contribution >= 4 is 18.2 Å². The van der Waals surface area contributed by atoms with Crippen LogP contribution in [0.15, 0.2) is 60.7 Å². The first-order valence-corrected chi connectivity index (χ1v) is 7.24. The van der Waals surface area contributed by atoms with E-state index in [4.69, 9.17) is 15.2 Å². The van der Waals surface area contributed by atoms with E-state index in [1.165, 1.54) is 0 Å². The summed E-state index contributed by atoms with van der Waals surface area (Å²) < 4.78 is 9.92. The van der Waals surface area contributed by atoms with E-state index in [0.29, 0.717) is 11.1 Å². The smallest absolute Gasteiger partial charge is 0.345 e. The maximum absolute atomic E-state index is 12.0. The van der Waals surface area contributed by atoms with Crippen LogP contribution in [0.1, 0.15) is 11.1 Å². The van der Waals surface area contributed by atoms with Crippen molar-refractivity contribution in [3.63, 3.8) is 0 Å². The maximum Gasteiger partial charge on any atom is 0.345 e. The van der Waals surface area contributed by atoms with Crippen molar-refractivity contribution in [2.45, 2.75) is 18.8 Å². The van der Waals surface area contributed by atoms with E-state index in [0.717, 1.165) is 0 Å². The molecular formula is C18H17NO5. The fourth-order valence-electron chi connectivity index (χ4n) is 1.86. The summed E-state index contributed by atoms with van der Waals surface area (Å²) in [6.07, 6.45) is 0.0354. The zero-order chi connectivity index (χ0) is 17.4. The molecule has 0 aliphatic carbocycles. The molecule has 0 saturated heterocycles. The van der Waals surface area contributed by atoms with Gasteiger partial charge in [-0.25, -0.2) is 9.59 Å². The third kappa shape index (κ3) is 4.27. The predicted molar refractivity (Wildman–Crippen MR) is 85.5 cm³/mol. The van der Waals surface area contributed by atoms with Crippen LogP contribution in [0.25, 0.3) is 0 Å². The molecule has 0 spiro atoms. The van der Waals surface area contributed by atoms with Gasteiger partial charge in [-0.2, -0.15) is 0 Å². The molecule has 6 nitrogen and oxygen atoms in total. The fourth-order valence-corrected chi connectivity index (χ4v) is 1.86.